The average Bonchev–Trinajstić information content (AvgIpc) is 3.32. The lowest BCUT2D eigenvalue weighted by molar-refractivity contribution is -0.138. The van der Waals surface area contributed by atoms with Crippen LogP contribution in [0.25, 0.3) is 0 Å². The van der Waals surface area contributed by atoms with Gasteiger partial charge in [-0.15, -0.1) is 0 Å². The predicted molar refractivity (Wildman–Crippen MR) is 93.9 cm³/mol. The van der Waals surface area contributed by atoms with Crippen molar-refractivity contribution in [2.45, 2.75) is 50.6 Å². The van der Waals surface area contributed by atoms with Crippen LogP contribution in [-0.2, 0) is 16.1 Å². The maximum absolute atomic E-state index is 13.4. The highest BCUT2D eigenvalue weighted by molar-refractivity contribution is 6.01. The minimum absolute atomic E-state index is 0.0330. The smallest absolute Gasteiger partial charge is 0.231 e. The Balaban J connectivity index is 1.64. The van der Waals surface area contributed by atoms with Gasteiger partial charge >= 0.3 is 0 Å². The van der Waals surface area contributed by atoms with Crippen LogP contribution in [0.5, 0.6) is 0 Å². The molecule has 4 rings (SSSR count). The van der Waals surface area contributed by atoms with E-state index in [4.69, 9.17) is 4.42 Å². The van der Waals surface area contributed by atoms with E-state index in [1.54, 1.807) is 6.26 Å². The van der Waals surface area contributed by atoms with Crippen molar-refractivity contribution in [3.63, 3.8) is 0 Å². The molecule has 1 aromatic carbocycles. The van der Waals surface area contributed by atoms with Gasteiger partial charge in [-0.1, -0.05) is 31.0 Å². The maximum atomic E-state index is 13.4. The number of para-hydroxylation sites is 1. The van der Waals surface area contributed by atoms with Crippen molar-refractivity contribution < 1.29 is 14.0 Å². The molecule has 2 heterocycles. The fourth-order valence-corrected chi connectivity index (χ4v) is 4.01. The number of rotatable bonds is 4. The third-order valence-corrected chi connectivity index (χ3v) is 5.25. The fraction of sp³-hybridized carbons (Fsp3) is 0.400. The summed E-state index contributed by atoms with van der Waals surface area (Å²) in [5.41, 5.74) is 1.66. The third kappa shape index (κ3) is 3.18. The van der Waals surface area contributed by atoms with E-state index in [9.17, 15) is 9.59 Å². The SMILES string of the molecule is O=C1C[C@@H](C(=O)N(Cc2ccco2)C2CCCC2)c2ccccc2N1. The summed E-state index contributed by atoms with van der Waals surface area (Å²) in [4.78, 5) is 27.5. The molecule has 0 unspecified atom stereocenters. The third-order valence-electron chi connectivity index (χ3n) is 5.25. The number of fused-ring (bicyclic) bond motifs is 1. The van der Waals surface area contributed by atoms with Crippen LogP contribution in [0.1, 0.15) is 49.3 Å². The first-order chi connectivity index (χ1) is 12.2. The summed E-state index contributed by atoms with van der Waals surface area (Å²) in [6.45, 7) is 0.469. The molecule has 5 heteroatoms. The van der Waals surface area contributed by atoms with E-state index in [1.807, 2.05) is 41.3 Å². The van der Waals surface area contributed by atoms with E-state index >= 15 is 0 Å². The molecule has 130 valence electrons. The molecule has 5 nitrogen and oxygen atoms in total. The Morgan fingerprint density at radius 2 is 1.96 bits per heavy atom. The zero-order chi connectivity index (χ0) is 17.2. The molecule has 1 aliphatic carbocycles. The van der Waals surface area contributed by atoms with Crippen molar-refractivity contribution in [1.29, 1.82) is 0 Å². The molecule has 1 atom stereocenters. The molecule has 1 saturated carbocycles. The highest BCUT2D eigenvalue weighted by Crippen LogP contribution is 2.36. The molecule has 2 aromatic rings. The lowest BCUT2D eigenvalue weighted by atomic mass is 9.88. The second kappa shape index (κ2) is 6.75. The van der Waals surface area contributed by atoms with Gasteiger partial charge in [0.05, 0.1) is 18.7 Å². The molecule has 1 fully saturated rings. The van der Waals surface area contributed by atoms with Crippen molar-refractivity contribution in [3.8, 4) is 0 Å². The summed E-state index contributed by atoms with van der Waals surface area (Å²) in [6.07, 6.45) is 6.18. The van der Waals surface area contributed by atoms with Gasteiger partial charge in [0.15, 0.2) is 0 Å². The molecule has 1 N–H and O–H groups in total. The number of amides is 2. The highest BCUT2D eigenvalue weighted by Gasteiger charge is 2.36. The van der Waals surface area contributed by atoms with Crippen molar-refractivity contribution in [2.75, 3.05) is 5.32 Å². The molecular formula is C20H22N2O3. The minimum atomic E-state index is -0.416. The molecule has 0 radical (unpaired) electrons. The van der Waals surface area contributed by atoms with Crippen molar-refractivity contribution in [1.82, 2.24) is 4.90 Å². The Kier molecular flexibility index (Phi) is 4.30. The summed E-state index contributed by atoms with van der Waals surface area (Å²) in [5, 5.41) is 2.87. The predicted octanol–water partition coefficient (Wildman–Crippen LogP) is 3.68. The molecule has 0 bridgehead atoms. The summed E-state index contributed by atoms with van der Waals surface area (Å²) in [5.74, 6) is 0.307. The van der Waals surface area contributed by atoms with Crippen LogP contribution in [0.2, 0.25) is 0 Å². The fourth-order valence-electron chi connectivity index (χ4n) is 4.01. The number of anilines is 1. The Morgan fingerprint density at radius 3 is 2.72 bits per heavy atom. The van der Waals surface area contributed by atoms with Crippen LogP contribution in [0.15, 0.2) is 47.1 Å². The molecular weight excluding hydrogens is 316 g/mol. The van der Waals surface area contributed by atoms with Crippen molar-refractivity contribution in [3.05, 3.63) is 54.0 Å². The lowest BCUT2D eigenvalue weighted by Gasteiger charge is -2.34. The van der Waals surface area contributed by atoms with Crippen molar-refractivity contribution in [2.24, 2.45) is 0 Å². The van der Waals surface area contributed by atoms with E-state index in [0.717, 1.165) is 42.7 Å². The molecule has 0 saturated heterocycles. The summed E-state index contributed by atoms with van der Waals surface area (Å²) >= 11 is 0. The zero-order valence-electron chi connectivity index (χ0n) is 14.1. The van der Waals surface area contributed by atoms with Gasteiger partial charge < -0.3 is 14.6 Å². The standard InChI is InChI=1S/C20H22N2O3/c23-19-12-17(16-9-3-4-10-18(16)21-19)20(24)22(14-6-1-2-7-14)13-15-8-5-11-25-15/h3-5,8-11,14,17H,1-2,6-7,12-13H2,(H,21,23)/t17-/m1/s1. The number of furan rings is 1. The molecule has 2 amide bonds. The number of benzene rings is 1. The van der Waals surface area contributed by atoms with Gasteiger partial charge in [0.1, 0.15) is 5.76 Å². The van der Waals surface area contributed by atoms with Crippen LogP contribution in [-0.4, -0.2) is 22.8 Å². The summed E-state index contributed by atoms with van der Waals surface area (Å²) in [7, 11) is 0. The quantitative estimate of drug-likeness (QED) is 0.925. The lowest BCUT2D eigenvalue weighted by Crippen LogP contribution is -2.43. The van der Waals surface area contributed by atoms with Crippen LogP contribution in [0.4, 0.5) is 5.69 Å². The summed E-state index contributed by atoms with van der Waals surface area (Å²) in [6, 6.07) is 11.6. The molecule has 1 aromatic heterocycles. The maximum Gasteiger partial charge on any atom is 0.231 e. The zero-order valence-corrected chi connectivity index (χ0v) is 14.1. The van der Waals surface area contributed by atoms with Crippen molar-refractivity contribution >= 4 is 17.5 Å². The van der Waals surface area contributed by atoms with E-state index in [0.29, 0.717) is 6.54 Å². The minimum Gasteiger partial charge on any atom is -0.467 e. The van der Waals surface area contributed by atoms with Crippen LogP contribution in [0, 0.1) is 0 Å². The number of hydrogen-bond acceptors (Lipinski definition) is 3. The Morgan fingerprint density at radius 1 is 1.16 bits per heavy atom. The van der Waals surface area contributed by atoms with Gasteiger partial charge in [-0.2, -0.15) is 0 Å². The first-order valence-corrected chi connectivity index (χ1v) is 8.94. The van der Waals surface area contributed by atoms with Gasteiger partial charge in [-0.25, -0.2) is 0 Å². The monoisotopic (exact) mass is 338 g/mol. The van der Waals surface area contributed by atoms with E-state index in [2.05, 4.69) is 5.32 Å². The molecule has 2 aliphatic rings. The van der Waals surface area contributed by atoms with Gasteiger partial charge in [0.2, 0.25) is 11.8 Å². The van der Waals surface area contributed by atoms with Gasteiger partial charge in [0, 0.05) is 18.2 Å². The second-order valence-electron chi connectivity index (χ2n) is 6.88. The topological polar surface area (TPSA) is 62.6 Å². The van der Waals surface area contributed by atoms with Gasteiger partial charge in [-0.3, -0.25) is 9.59 Å². The number of nitrogens with zero attached hydrogens (tertiary/aromatic N) is 1. The first kappa shape index (κ1) is 15.9. The van der Waals surface area contributed by atoms with Gasteiger partial charge in [0.25, 0.3) is 0 Å². The number of nitrogens with one attached hydrogen (secondary N) is 1. The van der Waals surface area contributed by atoms with Crippen LogP contribution >= 0.6 is 0 Å². The largest absolute Gasteiger partial charge is 0.467 e. The normalized spacial score (nSPS) is 20.2. The summed E-state index contributed by atoms with van der Waals surface area (Å²) < 4.78 is 5.48. The Bertz CT molecular complexity index is 763. The number of hydrogen-bond donors (Lipinski definition) is 1. The molecule has 0 spiro atoms. The first-order valence-electron chi connectivity index (χ1n) is 8.94. The van der Waals surface area contributed by atoms with E-state index in [-0.39, 0.29) is 24.3 Å². The Labute approximate surface area is 147 Å². The van der Waals surface area contributed by atoms with Gasteiger partial charge in [-0.05, 0) is 36.6 Å². The van der Waals surface area contributed by atoms with E-state index in [1.165, 1.54) is 0 Å². The van der Waals surface area contributed by atoms with E-state index < -0.39 is 5.92 Å². The number of carbonyl (C=O) groups excluding carboxylic acids is 2. The molecule has 25 heavy (non-hydrogen) atoms. The molecule has 1 aliphatic heterocycles. The Hall–Kier alpha value is -2.56. The second-order valence-corrected chi connectivity index (χ2v) is 6.88. The number of carbonyl (C=O) groups is 2. The van der Waals surface area contributed by atoms with Crippen LogP contribution < -0.4 is 5.32 Å². The van der Waals surface area contributed by atoms with Crippen LogP contribution in [0.3, 0.4) is 0 Å². The average molecular weight is 338 g/mol. The highest BCUT2D eigenvalue weighted by atomic mass is 16.3.